The summed E-state index contributed by atoms with van der Waals surface area (Å²) in [6.07, 6.45) is -0.0925. The van der Waals surface area contributed by atoms with Crippen molar-refractivity contribution in [3.05, 3.63) is 46.2 Å². The van der Waals surface area contributed by atoms with Crippen LogP contribution < -0.4 is 0 Å². The Kier molecular flexibility index (Phi) is 3.40. The van der Waals surface area contributed by atoms with E-state index in [1.807, 2.05) is 0 Å². The lowest BCUT2D eigenvalue weighted by Crippen LogP contribution is -2.34. The van der Waals surface area contributed by atoms with Gasteiger partial charge < -0.3 is 9.84 Å². The number of halogens is 2. The van der Waals surface area contributed by atoms with E-state index in [9.17, 15) is 23.9 Å². The molecule has 0 bridgehead atoms. The van der Waals surface area contributed by atoms with Crippen molar-refractivity contribution in [3.63, 3.8) is 0 Å². The molecule has 1 aromatic carbocycles. The van der Waals surface area contributed by atoms with Crippen LogP contribution in [0.1, 0.15) is 25.3 Å². The van der Waals surface area contributed by atoms with Crippen LogP contribution in [0.15, 0.2) is 29.8 Å². The largest absolute Gasteiger partial charge is 0.501 e. The minimum absolute atomic E-state index is 0.0462. The number of carbonyl (C=O) groups excluding carboxylic acids is 3. The Labute approximate surface area is 135 Å². The van der Waals surface area contributed by atoms with Crippen LogP contribution in [0.25, 0.3) is 0 Å². The third-order valence-corrected chi connectivity index (χ3v) is 4.16. The SMILES string of the molecule is CC1(c2cccc(Cl)c2F)OC(N2C(=O)CCC2=O)=C(O)C1=O. The third-order valence-electron chi connectivity index (χ3n) is 3.87. The fourth-order valence-corrected chi connectivity index (χ4v) is 2.79. The number of nitrogens with zero attached hydrogens (tertiary/aromatic N) is 1. The van der Waals surface area contributed by atoms with E-state index in [0.717, 1.165) is 0 Å². The second kappa shape index (κ2) is 5.06. The number of hydrogen-bond acceptors (Lipinski definition) is 5. The molecule has 2 amide bonds. The fraction of sp³-hybridized carbons (Fsp3) is 0.267. The molecule has 120 valence electrons. The second-order valence-electron chi connectivity index (χ2n) is 5.34. The highest BCUT2D eigenvalue weighted by molar-refractivity contribution is 6.30. The van der Waals surface area contributed by atoms with Crippen molar-refractivity contribution >= 4 is 29.2 Å². The van der Waals surface area contributed by atoms with E-state index in [2.05, 4.69) is 0 Å². The molecular formula is C15H11ClFNO5. The minimum atomic E-state index is -1.92. The van der Waals surface area contributed by atoms with Gasteiger partial charge in [0.2, 0.25) is 23.2 Å². The molecule has 3 rings (SSSR count). The molecule has 0 radical (unpaired) electrons. The lowest BCUT2D eigenvalue weighted by molar-refractivity contribution is -0.144. The van der Waals surface area contributed by atoms with E-state index in [1.165, 1.54) is 25.1 Å². The molecule has 1 saturated heterocycles. The number of Topliss-reactive ketones (excluding diaryl/α,β-unsaturated/α-hetero) is 1. The molecule has 1 atom stereocenters. The normalized spacial score (nSPS) is 24.7. The molecule has 2 aliphatic rings. The molecule has 0 spiro atoms. The van der Waals surface area contributed by atoms with Crippen molar-refractivity contribution in [2.75, 3.05) is 0 Å². The zero-order valence-corrected chi connectivity index (χ0v) is 12.7. The van der Waals surface area contributed by atoms with Gasteiger partial charge in [0, 0.05) is 18.4 Å². The van der Waals surface area contributed by atoms with Crippen LogP contribution >= 0.6 is 11.6 Å². The molecule has 23 heavy (non-hydrogen) atoms. The van der Waals surface area contributed by atoms with Crippen molar-refractivity contribution in [2.45, 2.75) is 25.4 Å². The number of rotatable bonds is 2. The summed E-state index contributed by atoms with van der Waals surface area (Å²) in [5, 5.41) is 9.79. The Morgan fingerprint density at radius 2 is 1.87 bits per heavy atom. The number of imide groups is 1. The van der Waals surface area contributed by atoms with Gasteiger partial charge in [-0.25, -0.2) is 9.29 Å². The number of likely N-dealkylation sites (tertiary alicyclic amines) is 1. The number of amides is 2. The predicted molar refractivity (Wildman–Crippen MR) is 75.6 cm³/mol. The number of aliphatic hydroxyl groups excluding tert-OH is 1. The standard InChI is InChI=1S/C15H11ClFNO5/c1-15(7-3-2-4-8(16)11(7)17)13(22)12(21)14(23-15)18-9(19)5-6-10(18)20/h2-4,21H,5-6H2,1H3. The number of carbonyl (C=O) groups is 3. The zero-order valence-electron chi connectivity index (χ0n) is 11.9. The number of ether oxygens (including phenoxy) is 1. The van der Waals surface area contributed by atoms with Gasteiger partial charge in [-0.15, -0.1) is 0 Å². The van der Waals surface area contributed by atoms with Crippen LogP contribution in [-0.4, -0.2) is 27.6 Å². The van der Waals surface area contributed by atoms with E-state index in [4.69, 9.17) is 16.3 Å². The number of ketones is 1. The van der Waals surface area contributed by atoms with E-state index in [0.29, 0.717) is 4.90 Å². The van der Waals surface area contributed by atoms with Crippen LogP contribution in [0.5, 0.6) is 0 Å². The molecule has 6 nitrogen and oxygen atoms in total. The summed E-state index contributed by atoms with van der Waals surface area (Å²) in [4.78, 5) is 36.5. The van der Waals surface area contributed by atoms with Crippen molar-refractivity contribution in [1.29, 1.82) is 0 Å². The van der Waals surface area contributed by atoms with Crippen molar-refractivity contribution < 1.29 is 28.6 Å². The average molecular weight is 340 g/mol. The van der Waals surface area contributed by atoms with Crippen molar-refractivity contribution in [1.82, 2.24) is 4.90 Å². The molecule has 1 aromatic rings. The molecule has 2 heterocycles. The van der Waals surface area contributed by atoms with Crippen molar-refractivity contribution in [2.24, 2.45) is 0 Å². The molecule has 1 unspecified atom stereocenters. The summed E-state index contributed by atoms with van der Waals surface area (Å²) in [5.74, 6) is -4.49. The maximum atomic E-state index is 14.2. The molecule has 1 fully saturated rings. The maximum absolute atomic E-state index is 14.2. The highest BCUT2D eigenvalue weighted by Gasteiger charge is 2.53. The number of benzene rings is 1. The van der Waals surface area contributed by atoms with Gasteiger partial charge in [0.25, 0.3) is 11.7 Å². The van der Waals surface area contributed by atoms with Crippen LogP contribution in [-0.2, 0) is 24.7 Å². The van der Waals surface area contributed by atoms with Crippen LogP contribution in [0.4, 0.5) is 4.39 Å². The monoisotopic (exact) mass is 339 g/mol. The van der Waals surface area contributed by atoms with E-state index < -0.39 is 40.7 Å². The fourth-order valence-electron chi connectivity index (χ4n) is 2.62. The molecule has 1 N–H and O–H groups in total. The first-order valence-electron chi connectivity index (χ1n) is 6.74. The summed E-state index contributed by atoms with van der Waals surface area (Å²) >= 11 is 5.71. The predicted octanol–water partition coefficient (Wildman–Crippen LogP) is 2.17. The molecular weight excluding hydrogens is 329 g/mol. The summed E-state index contributed by atoms with van der Waals surface area (Å²) < 4.78 is 19.6. The maximum Gasteiger partial charge on any atom is 0.252 e. The van der Waals surface area contributed by atoms with Gasteiger partial charge in [-0.1, -0.05) is 23.7 Å². The van der Waals surface area contributed by atoms with Crippen LogP contribution in [0.3, 0.4) is 0 Å². The molecule has 0 aromatic heterocycles. The summed E-state index contributed by atoms with van der Waals surface area (Å²) in [6.45, 7) is 1.23. The topological polar surface area (TPSA) is 83.9 Å². The Morgan fingerprint density at radius 1 is 1.26 bits per heavy atom. The highest BCUT2D eigenvalue weighted by Crippen LogP contribution is 2.42. The summed E-state index contributed by atoms with van der Waals surface area (Å²) in [6, 6.07) is 4.00. The first kappa shape index (κ1) is 15.5. The molecule has 0 aliphatic carbocycles. The van der Waals surface area contributed by atoms with Crippen LogP contribution in [0, 0.1) is 5.82 Å². The Hall–Kier alpha value is -2.41. The van der Waals surface area contributed by atoms with Gasteiger partial charge >= 0.3 is 0 Å². The van der Waals surface area contributed by atoms with Crippen LogP contribution in [0.2, 0.25) is 5.02 Å². The number of hydrogen-bond donors (Lipinski definition) is 1. The van der Waals surface area contributed by atoms with Gasteiger partial charge in [0.1, 0.15) is 5.82 Å². The van der Waals surface area contributed by atoms with Gasteiger partial charge in [0.15, 0.2) is 0 Å². The first-order valence-corrected chi connectivity index (χ1v) is 7.12. The second-order valence-corrected chi connectivity index (χ2v) is 5.75. The minimum Gasteiger partial charge on any atom is -0.501 e. The zero-order chi connectivity index (χ0) is 16.9. The first-order chi connectivity index (χ1) is 10.8. The Balaban J connectivity index is 2.06. The molecule has 8 heteroatoms. The average Bonchev–Trinajstić information content (AvgIpc) is 2.95. The lowest BCUT2D eigenvalue weighted by Gasteiger charge is -2.25. The van der Waals surface area contributed by atoms with E-state index in [-0.39, 0.29) is 23.4 Å². The summed E-state index contributed by atoms with van der Waals surface area (Å²) in [7, 11) is 0. The van der Waals surface area contributed by atoms with Crippen molar-refractivity contribution in [3.8, 4) is 0 Å². The third kappa shape index (κ3) is 2.11. The van der Waals surface area contributed by atoms with Gasteiger partial charge in [0.05, 0.1) is 5.02 Å². The molecule has 0 saturated carbocycles. The van der Waals surface area contributed by atoms with Gasteiger partial charge in [-0.2, -0.15) is 0 Å². The van der Waals surface area contributed by atoms with E-state index >= 15 is 0 Å². The highest BCUT2D eigenvalue weighted by atomic mass is 35.5. The van der Waals surface area contributed by atoms with Gasteiger partial charge in [-0.05, 0) is 13.0 Å². The smallest absolute Gasteiger partial charge is 0.252 e. The Bertz CT molecular complexity index is 774. The Morgan fingerprint density at radius 3 is 2.48 bits per heavy atom. The lowest BCUT2D eigenvalue weighted by atomic mass is 9.91. The quantitative estimate of drug-likeness (QED) is 0.835. The van der Waals surface area contributed by atoms with Gasteiger partial charge in [-0.3, -0.25) is 14.4 Å². The summed E-state index contributed by atoms with van der Waals surface area (Å²) in [5.41, 5.74) is -2.12. The van der Waals surface area contributed by atoms with E-state index in [1.54, 1.807) is 0 Å². The number of aliphatic hydroxyl groups is 1. The molecule has 2 aliphatic heterocycles.